The Hall–Kier alpha value is -3.00. The van der Waals surface area contributed by atoms with Gasteiger partial charge in [-0.05, 0) is 68.9 Å². The summed E-state index contributed by atoms with van der Waals surface area (Å²) >= 11 is 5.31. The molecule has 0 unspecified atom stereocenters. The molecule has 1 fully saturated rings. The van der Waals surface area contributed by atoms with Crippen molar-refractivity contribution in [1.29, 1.82) is 0 Å². The maximum atomic E-state index is 13.7. The second-order valence-corrected chi connectivity index (χ2v) is 8.50. The zero-order chi connectivity index (χ0) is 23.4. The topological polar surface area (TPSA) is 125 Å². The Balaban J connectivity index is 1.80. The number of amides is 4. The number of carboxylic acid groups (broad SMARTS) is 1. The van der Waals surface area contributed by atoms with Gasteiger partial charge in [0.05, 0.1) is 10.2 Å². The fraction of sp³-hybridized carbons (Fsp3) is 0.100. The minimum atomic E-state index is -1.19. The molecule has 1 saturated heterocycles. The normalized spacial score (nSPS) is 14.5. The number of aliphatic carboxylic acids is 1. The zero-order valence-electron chi connectivity index (χ0n) is 16.0. The lowest BCUT2D eigenvalue weighted by atomic mass is 10.1. The Morgan fingerprint density at radius 3 is 2.69 bits per heavy atom. The number of halogens is 3. The number of benzene rings is 2. The fourth-order valence-electron chi connectivity index (χ4n) is 2.74. The summed E-state index contributed by atoms with van der Waals surface area (Å²) in [6, 6.07) is 7.97. The van der Waals surface area contributed by atoms with Gasteiger partial charge < -0.3 is 20.5 Å². The number of nitrogens with one attached hydrogen (secondary N) is 2. The molecule has 1 aliphatic rings. The largest absolute Gasteiger partial charge is 0.480 e. The lowest BCUT2D eigenvalue weighted by molar-refractivity contribution is -0.139. The van der Waals surface area contributed by atoms with E-state index in [0.29, 0.717) is 14.9 Å². The zero-order valence-corrected chi connectivity index (χ0v) is 19.8. The first kappa shape index (κ1) is 23.7. The molecule has 3 rings (SSSR count). The van der Waals surface area contributed by atoms with E-state index in [1.54, 1.807) is 12.1 Å². The van der Waals surface area contributed by atoms with Crippen molar-refractivity contribution < 1.29 is 33.4 Å². The lowest BCUT2D eigenvalue weighted by Crippen LogP contribution is -2.38. The molecule has 9 nitrogen and oxygen atoms in total. The smallest absolute Gasteiger partial charge is 0.341 e. The van der Waals surface area contributed by atoms with Crippen molar-refractivity contribution in [3.63, 3.8) is 0 Å². The Morgan fingerprint density at radius 2 is 2.00 bits per heavy atom. The van der Waals surface area contributed by atoms with Gasteiger partial charge in [-0.15, -0.1) is 0 Å². The van der Waals surface area contributed by atoms with Gasteiger partial charge in [0.25, 0.3) is 5.91 Å². The van der Waals surface area contributed by atoms with E-state index in [1.807, 2.05) is 22.6 Å². The summed E-state index contributed by atoms with van der Waals surface area (Å²) in [6.07, 6.45) is 1.32. The highest BCUT2D eigenvalue weighted by atomic mass is 127. The standard InChI is InChI=1S/C20H14BrFIN3O6/c21-12-7-11(23)5-10(18(12)32-9-17(28)29)6-15-19(30)26(20(31)25-15)8-16(27)24-14-4-2-1-3-13(14)22/h1-7H,8-9H2,(H,24,27)(H,25,31)(H,28,29)/b15-6+. The molecule has 1 heterocycles. The maximum Gasteiger partial charge on any atom is 0.341 e. The molecule has 0 bridgehead atoms. The van der Waals surface area contributed by atoms with E-state index in [-0.39, 0.29) is 17.1 Å². The number of carbonyl (C=O) groups excluding carboxylic acids is 3. The van der Waals surface area contributed by atoms with Gasteiger partial charge in [0.1, 0.15) is 23.8 Å². The number of rotatable bonds is 7. The molecule has 32 heavy (non-hydrogen) atoms. The summed E-state index contributed by atoms with van der Waals surface area (Å²) in [5.41, 5.74) is 0.123. The monoisotopic (exact) mass is 617 g/mol. The van der Waals surface area contributed by atoms with Crippen molar-refractivity contribution in [2.45, 2.75) is 0 Å². The van der Waals surface area contributed by atoms with E-state index < -0.39 is 42.8 Å². The van der Waals surface area contributed by atoms with Crippen LogP contribution in [0, 0.1) is 9.39 Å². The van der Waals surface area contributed by atoms with Crippen LogP contribution in [0.3, 0.4) is 0 Å². The predicted molar refractivity (Wildman–Crippen MR) is 123 cm³/mol. The number of urea groups is 1. The van der Waals surface area contributed by atoms with Gasteiger partial charge >= 0.3 is 12.0 Å². The van der Waals surface area contributed by atoms with E-state index in [1.165, 1.54) is 24.3 Å². The van der Waals surface area contributed by atoms with Crippen molar-refractivity contribution >= 4 is 74.1 Å². The molecule has 166 valence electrons. The molecule has 0 atom stereocenters. The highest BCUT2D eigenvalue weighted by Gasteiger charge is 2.35. The van der Waals surface area contributed by atoms with E-state index in [0.717, 1.165) is 9.64 Å². The van der Waals surface area contributed by atoms with Crippen LogP contribution in [0.25, 0.3) is 6.08 Å². The Morgan fingerprint density at radius 1 is 1.28 bits per heavy atom. The van der Waals surface area contributed by atoms with Gasteiger partial charge in [0.2, 0.25) is 5.91 Å². The first-order chi connectivity index (χ1) is 15.2. The molecular weight excluding hydrogens is 604 g/mol. The number of anilines is 1. The first-order valence-electron chi connectivity index (χ1n) is 8.88. The van der Waals surface area contributed by atoms with E-state index >= 15 is 0 Å². The minimum absolute atomic E-state index is 0.0794. The average Bonchev–Trinajstić information content (AvgIpc) is 2.96. The quantitative estimate of drug-likeness (QED) is 0.249. The molecule has 12 heteroatoms. The SMILES string of the molecule is O=C(O)COc1c(Br)cc(I)cc1/C=C1/NC(=O)N(CC(=O)Nc2ccccc2F)C1=O. The van der Waals surface area contributed by atoms with Crippen LogP contribution in [-0.4, -0.2) is 47.0 Å². The van der Waals surface area contributed by atoms with Crippen molar-refractivity contribution in [3.05, 3.63) is 61.5 Å². The Kier molecular flexibility index (Phi) is 7.45. The number of carbonyl (C=O) groups is 4. The van der Waals surface area contributed by atoms with Crippen molar-refractivity contribution in [1.82, 2.24) is 10.2 Å². The van der Waals surface area contributed by atoms with Gasteiger partial charge in [-0.25, -0.2) is 18.9 Å². The second-order valence-electron chi connectivity index (χ2n) is 6.40. The van der Waals surface area contributed by atoms with Crippen LogP contribution in [0.1, 0.15) is 5.56 Å². The van der Waals surface area contributed by atoms with Crippen LogP contribution in [0.2, 0.25) is 0 Å². The lowest BCUT2D eigenvalue weighted by Gasteiger charge is -2.12. The summed E-state index contributed by atoms with van der Waals surface area (Å²) in [5.74, 6) is -3.22. The highest BCUT2D eigenvalue weighted by Crippen LogP contribution is 2.33. The van der Waals surface area contributed by atoms with Crippen LogP contribution in [-0.2, 0) is 14.4 Å². The van der Waals surface area contributed by atoms with Crippen molar-refractivity contribution in [2.24, 2.45) is 0 Å². The van der Waals surface area contributed by atoms with Gasteiger partial charge in [-0.3, -0.25) is 9.59 Å². The summed E-state index contributed by atoms with van der Waals surface area (Å²) in [6.45, 7) is -1.24. The molecular formula is C20H14BrFIN3O6. The van der Waals surface area contributed by atoms with Gasteiger partial charge in [-0.2, -0.15) is 0 Å². The van der Waals surface area contributed by atoms with Gasteiger partial charge in [0, 0.05) is 9.13 Å². The molecule has 0 spiro atoms. The van der Waals surface area contributed by atoms with Crippen LogP contribution >= 0.6 is 38.5 Å². The number of imide groups is 1. The predicted octanol–water partition coefficient (Wildman–Crippen LogP) is 3.19. The molecule has 0 aromatic heterocycles. The average molecular weight is 618 g/mol. The molecule has 2 aromatic carbocycles. The molecule has 0 aliphatic carbocycles. The Labute approximate surface area is 202 Å². The van der Waals surface area contributed by atoms with Crippen LogP contribution in [0.15, 0.2) is 46.6 Å². The van der Waals surface area contributed by atoms with Crippen molar-refractivity contribution in [3.8, 4) is 5.75 Å². The van der Waals surface area contributed by atoms with Crippen molar-refractivity contribution in [2.75, 3.05) is 18.5 Å². The number of carboxylic acids is 1. The third-order valence-electron chi connectivity index (χ3n) is 4.09. The molecule has 2 aromatic rings. The van der Waals surface area contributed by atoms with E-state index in [4.69, 9.17) is 9.84 Å². The Bertz CT molecular complexity index is 1160. The number of nitrogens with zero attached hydrogens (tertiary/aromatic N) is 1. The highest BCUT2D eigenvalue weighted by molar-refractivity contribution is 14.1. The van der Waals surface area contributed by atoms with E-state index in [2.05, 4.69) is 26.6 Å². The molecule has 1 aliphatic heterocycles. The maximum absolute atomic E-state index is 13.7. The summed E-state index contributed by atoms with van der Waals surface area (Å²) in [4.78, 5) is 48.7. The second kappa shape index (κ2) is 10.1. The fourth-order valence-corrected chi connectivity index (χ4v) is 4.41. The molecule has 0 saturated carbocycles. The number of hydrogen-bond acceptors (Lipinski definition) is 5. The van der Waals surface area contributed by atoms with Gasteiger partial charge in [-0.1, -0.05) is 12.1 Å². The summed E-state index contributed by atoms with van der Waals surface area (Å²) in [7, 11) is 0. The summed E-state index contributed by atoms with van der Waals surface area (Å²) in [5, 5.41) is 13.6. The van der Waals surface area contributed by atoms with Crippen LogP contribution < -0.4 is 15.4 Å². The van der Waals surface area contributed by atoms with Crippen LogP contribution in [0.5, 0.6) is 5.75 Å². The molecule has 3 N–H and O–H groups in total. The minimum Gasteiger partial charge on any atom is -0.480 e. The molecule has 0 radical (unpaired) electrons. The summed E-state index contributed by atoms with van der Waals surface area (Å²) < 4.78 is 20.2. The van der Waals surface area contributed by atoms with Crippen LogP contribution in [0.4, 0.5) is 14.9 Å². The third-order valence-corrected chi connectivity index (χ3v) is 5.30. The third kappa shape index (κ3) is 5.62. The first-order valence-corrected chi connectivity index (χ1v) is 10.8. The number of hydrogen-bond donors (Lipinski definition) is 3. The van der Waals surface area contributed by atoms with E-state index in [9.17, 15) is 23.6 Å². The van der Waals surface area contributed by atoms with Gasteiger partial charge in [0.15, 0.2) is 6.61 Å². The number of ether oxygens (including phenoxy) is 1. The number of para-hydroxylation sites is 1. The molecule has 4 amide bonds.